The van der Waals surface area contributed by atoms with Crippen LogP contribution in [0.5, 0.6) is 0 Å². The molecule has 0 aliphatic carbocycles. The molecule has 1 aliphatic heterocycles. The Labute approximate surface area is 143 Å². The second-order valence-electron chi connectivity index (χ2n) is 5.27. The van der Waals surface area contributed by atoms with Crippen molar-refractivity contribution < 1.29 is 14.4 Å². The third-order valence-electron chi connectivity index (χ3n) is 3.66. The van der Waals surface area contributed by atoms with Gasteiger partial charge in [-0.3, -0.25) is 19.4 Å². The monoisotopic (exact) mass is 341 g/mol. The van der Waals surface area contributed by atoms with Crippen LogP contribution in [0.1, 0.15) is 10.6 Å². The summed E-state index contributed by atoms with van der Waals surface area (Å²) in [7, 11) is 0. The molecule has 0 unspecified atom stereocenters. The van der Waals surface area contributed by atoms with E-state index in [0.29, 0.717) is 0 Å². The maximum absolute atomic E-state index is 12.3. The van der Waals surface area contributed by atoms with Gasteiger partial charge in [0.15, 0.2) is 0 Å². The van der Waals surface area contributed by atoms with Crippen LogP contribution in [0.4, 0.5) is 4.79 Å². The molecule has 1 saturated heterocycles. The fourth-order valence-corrected chi connectivity index (χ4v) is 3.46. The number of nitrogens with zero attached hydrogens (tertiary/aromatic N) is 3. The van der Waals surface area contributed by atoms with Gasteiger partial charge in [0.05, 0.1) is 12.2 Å². The van der Waals surface area contributed by atoms with Crippen molar-refractivity contribution in [1.29, 1.82) is 0 Å². The smallest absolute Gasteiger partial charge is 0.263 e. The minimum Gasteiger partial charge on any atom is -0.263 e. The molecule has 2 heterocycles. The molecule has 0 spiro atoms. The Kier molecular flexibility index (Phi) is 4.26. The van der Waals surface area contributed by atoms with E-state index in [1.54, 1.807) is 0 Å². The number of carbonyl (C=O) groups excluding carboxylic acids is 3. The number of hydrogen-bond donors (Lipinski definition) is 0. The highest BCUT2D eigenvalue weighted by atomic mass is 32.1. The van der Waals surface area contributed by atoms with E-state index in [2.05, 4.69) is 11.6 Å². The van der Waals surface area contributed by atoms with E-state index in [0.717, 1.165) is 30.9 Å². The molecule has 0 atom stereocenters. The predicted octanol–water partition coefficient (Wildman–Crippen LogP) is 2.60. The lowest BCUT2D eigenvalue weighted by atomic mass is 10.2. The molecule has 0 N–H and O–H groups in total. The van der Waals surface area contributed by atoms with E-state index in [-0.39, 0.29) is 13.1 Å². The van der Waals surface area contributed by atoms with E-state index in [1.807, 2.05) is 37.3 Å². The molecule has 1 aromatic carbocycles. The molecule has 7 heteroatoms. The minimum absolute atomic E-state index is 0.0246. The van der Waals surface area contributed by atoms with Crippen molar-refractivity contribution >= 4 is 29.2 Å². The molecule has 6 nitrogen and oxygen atoms in total. The number of aryl methyl sites for hydroxylation is 1. The van der Waals surface area contributed by atoms with Crippen LogP contribution in [-0.4, -0.2) is 39.2 Å². The summed E-state index contributed by atoms with van der Waals surface area (Å²) in [5.41, 5.74) is 1.72. The third kappa shape index (κ3) is 2.74. The van der Waals surface area contributed by atoms with Gasteiger partial charge in [-0.05, 0) is 6.92 Å². The summed E-state index contributed by atoms with van der Waals surface area (Å²) in [6.07, 6.45) is 1.41. The van der Waals surface area contributed by atoms with Gasteiger partial charge in [0.1, 0.15) is 5.01 Å². The summed E-state index contributed by atoms with van der Waals surface area (Å²) >= 11 is 1.41. The van der Waals surface area contributed by atoms with E-state index in [1.165, 1.54) is 17.4 Å². The van der Waals surface area contributed by atoms with Gasteiger partial charge in [0, 0.05) is 17.0 Å². The molecule has 0 bridgehead atoms. The molecule has 1 fully saturated rings. The van der Waals surface area contributed by atoms with Crippen LogP contribution in [0.15, 0.2) is 43.0 Å². The van der Waals surface area contributed by atoms with Gasteiger partial charge < -0.3 is 0 Å². The summed E-state index contributed by atoms with van der Waals surface area (Å²) in [4.78, 5) is 43.3. The van der Waals surface area contributed by atoms with Crippen molar-refractivity contribution in [3.8, 4) is 10.6 Å². The molecule has 1 aliphatic rings. The Morgan fingerprint density at radius 1 is 1.12 bits per heavy atom. The Morgan fingerprint density at radius 2 is 1.79 bits per heavy atom. The maximum atomic E-state index is 12.3. The fourth-order valence-electron chi connectivity index (χ4n) is 2.40. The van der Waals surface area contributed by atoms with Crippen LogP contribution in [0.25, 0.3) is 10.6 Å². The van der Waals surface area contributed by atoms with Gasteiger partial charge in [-0.15, -0.1) is 17.9 Å². The third-order valence-corrected chi connectivity index (χ3v) is 4.85. The van der Waals surface area contributed by atoms with Crippen molar-refractivity contribution in [3.63, 3.8) is 0 Å². The number of thiazole rings is 1. The summed E-state index contributed by atoms with van der Waals surface area (Å²) in [5, 5.41) is 0.816. The zero-order chi connectivity index (χ0) is 17.3. The lowest BCUT2D eigenvalue weighted by molar-refractivity contribution is -0.143. The van der Waals surface area contributed by atoms with E-state index < -0.39 is 17.8 Å². The van der Waals surface area contributed by atoms with Gasteiger partial charge in [-0.2, -0.15) is 0 Å². The number of amides is 4. The predicted molar refractivity (Wildman–Crippen MR) is 90.1 cm³/mol. The average molecular weight is 341 g/mol. The van der Waals surface area contributed by atoms with Crippen molar-refractivity contribution in [3.05, 3.63) is 53.6 Å². The molecular formula is C17H15N3O3S. The lowest BCUT2D eigenvalue weighted by Crippen LogP contribution is -2.33. The first kappa shape index (κ1) is 16.1. The van der Waals surface area contributed by atoms with Crippen molar-refractivity contribution in [2.24, 2.45) is 0 Å². The second-order valence-corrected chi connectivity index (χ2v) is 6.36. The number of benzene rings is 1. The highest BCUT2D eigenvalue weighted by Gasteiger charge is 2.44. The van der Waals surface area contributed by atoms with Gasteiger partial charge in [0.25, 0.3) is 0 Å². The molecule has 4 amide bonds. The zero-order valence-electron chi connectivity index (χ0n) is 13.1. The average Bonchev–Trinajstić information content (AvgIpc) is 3.05. The largest absolute Gasteiger partial charge is 0.334 e. The summed E-state index contributed by atoms with van der Waals surface area (Å²) in [6.45, 7) is 5.39. The zero-order valence-corrected chi connectivity index (χ0v) is 13.9. The molecule has 0 radical (unpaired) electrons. The van der Waals surface area contributed by atoms with Crippen molar-refractivity contribution in [1.82, 2.24) is 14.8 Å². The Bertz CT molecular complexity index is 829. The summed E-state index contributed by atoms with van der Waals surface area (Å²) < 4.78 is 0. The number of hydrogen-bond acceptors (Lipinski definition) is 5. The Morgan fingerprint density at radius 3 is 2.46 bits per heavy atom. The first-order chi connectivity index (χ1) is 11.5. The van der Waals surface area contributed by atoms with Gasteiger partial charge in [-0.25, -0.2) is 9.78 Å². The van der Waals surface area contributed by atoms with Crippen LogP contribution < -0.4 is 0 Å². The van der Waals surface area contributed by atoms with Crippen molar-refractivity contribution in [2.75, 3.05) is 6.54 Å². The van der Waals surface area contributed by atoms with Crippen LogP contribution >= 0.6 is 11.3 Å². The molecule has 3 rings (SSSR count). The normalized spacial score (nSPS) is 14.6. The molecule has 1 aromatic heterocycles. The fraction of sp³-hybridized carbons (Fsp3) is 0.176. The number of urea groups is 1. The molecular weight excluding hydrogens is 326 g/mol. The number of imide groups is 2. The summed E-state index contributed by atoms with van der Waals surface area (Å²) in [5.74, 6) is -1.62. The van der Waals surface area contributed by atoms with Crippen LogP contribution in [0.3, 0.4) is 0 Å². The Hall–Kier alpha value is -2.80. The first-order valence-corrected chi connectivity index (χ1v) is 8.14. The second kappa shape index (κ2) is 6.37. The van der Waals surface area contributed by atoms with Gasteiger partial charge in [-0.1, -0.05) is 36.4 Å². The highest BCUT2D eigenvalue weighted by Crippen LogP contribution is 2.29. The van der Waals surface area contributed by atoms with Crippen LogP contribution in [-0.2, 0) is 16.1 Å². The maximum Gasteiger partial charge on any atom is 0.334 e. The van der Waals surface area contributed by atoms with E-state index >= 15 is 0 Å². The molecule has 0 saturated carbocycles. The molecule has 122 valence electrons. The molecule has 2 aromatic rings. The first-order valence-electron chi connectivity index (χ1n) is 7.33. The van der Waals surface area contributed by atoms with E-state index in [4.69, 9.17) is 0 Å². The van der Waals surface area contributed by atoms with Crippen LogP contribution in [0, 0.1) is 6.92 Å². The number of rotatable bonds is 5. The standard InChI is InChI=1S/C17H15N3O3S/c1-3-9-19-15(21)16(22)20(17(19)23)10-13-11(2)18-14(24-13)12-7-5-4-6-8-12/h3-8H,1,9-10H2,2H3. The molecule has 24 heavy (non-hydrogen) atoms. The number of carbonyl (C=O) groups is 3. The van der Waals surface area contributed by atoms with Crippen molar-refractivity contribution in [2.45, 2.75) is 13.5 Å². The van der Waals surface area contributed by atoms with E-state index in [9.17, 15) is 14.4 Å². The highest BCUT2D eigenvalue weighted by molar-refractivity contribution is 7.15. The van der Waals surface area contributed by atoms with Gasteiger partial charge >= 0.3 is 17.8 Å². The SMILES string of the molecule is C=CCN1C(=O)C(=O)N(Cc2sc(-c3ccccc3)nc2C)C1=O. The topological polar surface area (TPSA) is 70.6 Å². The Balaban J connectivity index is 1.85. The quantitative estimate of drug-likeness (QED) is 0.476. The van der Waals surface area contributed by atoms with Gasteiger partial charge in [0.2, 0.25) is 0 Å². The summed E-state index contributed by atoms with van der Waals surface area (Å²) in [6, 6.07) is 9.05. The van der Waals surface area contributed by atoms with Crippen LogP contribution in [0.2, 0.25) is 0 Å². The minimum atomic E-state index is -0.814. The lowest BCUT2D eigenvalue weighted by Gasteiger charge is -2.13. The number of aromatic nitrogens is 1.